The molecule has 0 spiro atoms. The van der Waals surface area contributed by atoms with Crippen LogP contribution in [0.4, 0.5) is 0 Å². The summed E-state index contributed by atoms with van der Waals surface area (Å²) in [5.41, 5.74) is 3.32. The van der Waals surface area contributed by atoms with Crippen molar-refractivity contribution < 1.29 is 0 Å². The van der Waals surface area contributed by atoms with Crippen molar-refractivity contribution in [2.75, 3.05) is 0 Å². The molecule has 0 atom stereocenters. The number of aromatic nitrogens is 4. The largest absolute Gasteiger partial charge is 0.305 e. The molecule has 0 aliphatic carbocycles. The molecule has 0 N–H and O–H groups in total. The van der Waals surface area contributed by atoms with Gasteiger partial charge in [0, 0.05) is 29.9 Å². The summed E-state index contributed by atoms with van der Waals surface area (Å²) >= 11 is 1.70. The number of rotatable bonds is 4. The van der Waals surface area contributed by atoms with Crippen molar-refractivity contribution in [1.29, 1.82) is 0 Å². The van der Waals surface area contributed by atoms with Gasteiger partial charge >= 0.3 is 0 Å². The molecule has 0 aliphatic heterocycles. The van der Waals surface area contributed by atoms with E-state index in [9.17, 15) is 0 Å². The minimum atomic E-state index is 0.872. The summed E-state index contributed by atoms with van der Waals surface area (Å²) in [5.74, 6) is 1.75. The Morgan fingerprint density at radius 2 is 1.83 bits per heavy atom. The zero-order valence-electron chi connectivity index (χ0n) is 13.3. The second-order valence-corrected chi connectivity index (χ2v) is 6.49. The van der Waals surface area contributed by atoms with E-state index in [1.165, 1.54) is 5.56 Å². The Hall–Kier alpha value is -2.66. The van der Waals surface area contributed by atoms with Crippen LogP contribution >= 0.6 is 11.8 Å². The maximum absolute atomic E-state index is 4.38. The molecular weight excluding hydrogens is 316 g/mol. The molecule has 0 bridgehead atoms. The molecule has 4 rings (SSSR count). The molecule has 0 aliphatic rings. The number of fused-ring (bicyclic) bond motifs is 1. The van der Waals surface area contributed by atoms with Gasteiger partial charge in [-0.25, -0.2) is 0 Å². The molecule has 2 aromatic carbocycles. The van der Waals surface area contributed by atoms with E-state index in [2.05, 4.69) is 51.6 Å². The summed E-state index contributed by atoms with van der Waals surface area (Å²) in [5, 5.41) is 10.7. The van der Waals surface area contributed by atoms with Crippen LogP contribution in [-0.4, -0.2) is 19.7 Å². The average Bonchev–Trinajstić information content (AvgIpc) is 3.01. The van der Waals surface area contributed by atoms with E-state index >= 15 is 0 Å². The number of pyridine rings is 1. The molecule has 0 amide bonds. The zero-order valence-corrected chi connectivity index (χ0v) is 14.1. The summed E-state index contributed by atoms with van der Waals surface area (Å²) in [6.45, 7) is 0. The topological polar surface area (TPSA) is 43.6 Å². The van der Waals surface area contributed by atoms with Crippen LogP contribution in [0.15, 0.2) is 72.0 Å². The van der Waals surface area contributed by atoms with Gasteiger partial charge in [-0.2, -0.15) is 0 Å². The van der Waals surface area contributed by atoms with Gasteiger partial charge in [-0.3, -0.25) is 4.98 Å². The fraction of sp³-hybridized carbons (Fsp3) is 0.105. The molecule has 4 aromatic rings. The van der Waals surface area contributed by atoms with Gasteiger partial charge in [-0.05, 0) is 29.8 Å². The summed E-state index contributed by atoms with van der Waals surface area (Å²) in [4.78, 5) is 4.36. The number of benzene rings is 2. The predicted molar refractivity (Wildman–Crippen MR) is 97.7 cm³/mol. The summed E-state index contributed by atoms with van der Waals surface area (Å²) in [7, 11) is 2.01. The molecule has 0 saturated carbocycles. The lowest BCUT2D eigenvalue weighted by Gasteiger charge is -2.05. The normalized spacial score (nSPS) is 11.0. The first kappa shape index (κ1) is 14.9. The SMILES string of the molecule is Cn1c(SCc2ccccc2)nnc1-c1ccc2ncccc2c1. The van der Waals surface area contributed by atoms with E-state index < -0.39 is 0 Å². The highest BCUT2D eigenvalue weighted by Gasteiger charge is 2.12. The van der Waals surface area contributed by atoms with E-state index in [4.69, 9.17) is 0 Å². The van der Waals surface area contributed by atoms with Gasteiger partial charge in [0.15, 0.2) is 11.0 Å². The van der Waals surface area contributed by atoms with Crippen molar-refractivity contribution >= 4 is 22.7 Å². The Morgan fingerprint density at radius 1 is 0.958 bits per heavy atom. The van der Waals surface area contributed by atoms with Gasteiger partial charge in [0.25, 0.3) is 0 Å². The third kappa shape index (κ3) is 2.90. The minimum absolute atomic E-state index is 0.872. The molecule has 4 nitrogen and oxygen atoms in total. The average molecular weight is 332 g/mol. The van der Waals surface area contributed by atoms with Gasteiger partial charge in [-0.1, -0.05) is 48.2 Å². The predicted octanol–water partition coefficient (Wildman–Crippen LogP) is 4.32. The molecular formula is C19H16N4S. The number of nitrogens with zero attached hydrogens (tertiary/aromatic N) is 4. The number of hydrogen-bond donors (Lipinski definition) is 0. The molecule has 2 aromatic heterocycles. The van der Waals surface area contributed by atoms with Crippen LogP contribution in [0.2, 0.25) is 0 Å². The standard InChI is InChI=1S/C19H16N4S/c1-23-18(16-9-10-17-15(12-16)8-5-11-20-17)21-22-19(23)24-13-14-6-3-2-4-7-14/h2-12H,13H2,1H3. The van der Waals surface area contributed by atoms with E-state index in [-0.39, 0.29) is 0 Å². The lowest BCUT2D eigenvalue weighted by molar-refractivity contribution is 0.794. The molecule has 2 heterocycles. The lowest BCUT2D eigenvalue weighted by atomic mass is 10.1. The molecule has 0 radical (unpaired) electrons. The first-order valence-electron chi connectivity index (χ1n) is 7.72. The number of thioether (sulfide) groups is 1. The number of hydrogen-bond acceptors (Lipinski definition) is 4. The van der Waals surface area contributed by atoms with Crippen molar-refractivity contribution in [3.63, 3.8) is 0 Å². The lowest BCUT2D eigenvalue weighted by Crippen LogP contribution is -1.95. The van der Waals surface area contributed by atoms with Crippen LogP contribution in [-0.2, 0) is 12.8 Å². The summed E-state index contributed by atoms with van der Waals surface area (Å²) in [6.07, 6.45) is 1.81. The highest BCUT2D eigenvalue weighted by Crippen LogP contribution is 2.26. The van der Waals surface area contributed by atoms with Gasteiger partial charge < -0.3 is 4.57 Å². The summed E-state index contributed by atoms with van der Waals surface area (Å²) < 4.78 is 2.05. The second-order valence-electron chi connectivity index (χ2n) is 5.55. The smallest absolute Gasteiger partial charge is 0.191 e. The minimum Gasteiger partial charge on any atom is -0.305 e. The molecule has 0 saturated heterocycles. The van der Waals surface area contributed by atoms with E-state index in [1.807, 2.05) is 42.1 Å². The van der Waals surface area contributed by atoms with Crippen LogP contribution in [0.5, 0.6) is 0 Å². The molecule has 5 heteroatoms. The van der Waals surface area contributed by atoms with E-state index in [0.29, 0.717) is 0 Å². The first-order valence-corrected chi connectivity index (χ1v) is 8.71. The third-order valence-corrected chi connectivity index (χ3v) is 5.00. The zero-order chi connectivity index (χ0) is 16.4. The summed E-state index contributed by atoms with van der Waals surface area (Å²) in [6, 6.07) is 20.6. The quantitative estimate of drug-likeness (QED) is 0.522. The van der Waals surface area contributed by atoms with E-state index in [1.54, 1.807) is 11.8 Å². The Kier molecular flexibility index (Phi) is 4.01. The second kappa shape index (κ2) is 6.45. The Balaban J connectivity index is 1.61. The first-order chi connectivity index (χ1) is 11.8. The molecule has 0 unspecified atom stereocenters. The highest BCUT2D eigenvalue weighted by atomic mass is 32.2. The van der Waals surface area contributed by atoms with Crippen LogP contribution in [0.1, 0.15) is 5.56 Å². The molecule has 24 heavy (non-hydrogen) atoms. The van der Waals surface area contributed by atoms with Crippen molar-refractivity contribution in [3.8, 4) is 11.4 Å². The van der Waals surface area contributed by atoms with Crippen molar-refractivity contribution in [2.24, 2.45) is 7.05 Å². The Morgan fingerprint density at radius 3 is 2.71 bits per heavy atom. The maximum atomic E-state index is 4.38. The fourth-order valence-electron chi connectivity index (χ4n) is 2.63. The van der Waals surface area contributed by atoms with Crippen LogP contribution in [0.3, 0.4) is 0 Å². The fourth-order valence-corrected chi connectivity index (χ4v) is 3.50. The monoisotopic (exact) mass is 332 g/mol. The van der Waals surface area contributed by atoms with Crippen LogP contribution in [0.25, 0.3) is 22.3 Å². The van der Waals surface area contributed by atoms with Crippen LogP contribution < -0.4 is 0 Å². The van der Waals surface area contributed by atoms with E-state index in [0.717, 1.165) is 33.2 Å². The Bertz CT molecular complexity index is 979. The molecule has 118 valence electrons. The van der Waals surface area contributed by atoms with Gasteiger partial charge in [0.1, 0.15) is 0 Å². The maximum Gasteiger partial charge on any atom is 0.191 e. The van der Waals surface area contributed by atoms with Gasteiger partial charge in [0.05, 0.1) is 5.52 Å². The van der Waals surface area contributed by atoms with Crippen molar-refractivity contribution in [2.45, 2.75) is 10.9 Å². The Labute approximate surface area is 144 Å². The van der Waals surface area contributed by atoms with Crippen LogP contribution in [0, 0.1) is 0 Å². The third-order valence-electron chi connectivity index (χ3n) is 3.91. The van der Waals surface area contributed by atoms with Crippen molar-refractivity contribution in [3.05, 3.63) is 72.4 Å². The van der Waals surface area contributed by atoms with Gasteiger partial charge in [0.2, 0.25) is 0 Å². The van der Waals surface area contributed by atoms with Gasteiger partial charge in [-0.15, -0.1) is 10.2 Å². The molecule has 0 fully saturated rings. The highest BCUT2D eigenvalue weighted by molar-refractivity contribution is 7.98. The van der Waals surface area contributed by atoms with Crippen molar-refractivity contribution in [1.82, 2.24) is 19.7 Å².